The molecule has 0 aromatic heterocycles. The molecule has 0 radical (unpaired) electrons. The summed E-state index contributed by atoms with van der Waals surface area (Å²) in [4.78, 5) is 14.1. The van der Waals surface area contributed by atoms with E-state index in [0.29, 0.717) is 12.3 Å². The molecule has 0 saturated heterocycles. The molecule has 9 heteroatoms. The van der Waals surface area contributed by atoms with Gasteiger partial charge in [-0.3, -0.25) is 15.5 Å². The first-order valence-electron chi connectivity index (χ1n) is 7.15. The first-order chi connectivity index (χ1) is 11.5. The van der Waals surface area contributed by atoms with Crippen molar-refractivity contribution in [3.8, 4) is 0 Å². The topological polar surface area (TPSA) is 87.5 Å². The first-order valence-corrected chi connectivity index (χ1v) is 7.95. The van der Waals surface area contributed by atoms with Gasteiger partial charge in [0.15, 0.2) is 11.7 Å². The molecule has 0 saturated carbocycles. The molecule has 0 unspecified atom stereocenters. The quantitative estimate of drug-likeness (QED) is 0.268. The molecular formula is C15H20BrFN4O3. The summed E-state index contributed by atoms with van der Waals surface area (Å²) in [6, 6.07) is 4.15. The highest BCUT2D eigenvalue weighted by Crippen LogP contribution is 2.22. The van der Waals surface area contributed by atoms with Crippen molar-refractivity contribution in [3.63, 3.8) is 0 Å². The predicted octanol–water partition coefficient (Wildman–Crippen LogP) is 3.43. The molecule has 0 bridgehead atoms. The van der Waals surface area contributed by atoms with E-state index in [-0.39, 0.29) is 21.7 Å². The maximum absolute atomic E-state index is 13.3. The second kappa shape index (κ2) is 10.7. The van der Waals surface area contributed by atoms with Crippen molar-refractivity contribution in [2.75, 3.05) is 13.7 Å². The highest BCUT2D eigenvalue weighted by Gasteiger charge is 2.13. The van der Waals surface area contributed by atoms with Crippen molar-refractivity contribution in [1.29, 1.82) is 0 Å². The second-order valence-electron chi connectivity index (χ2n) is 4.58. The number of rotatable bonds is 8. The Bertz CT molecular complexity index is 623. The summed E-state index contributed by atoms with van der Waals surface area (Å²) in [5.74, 6) is -0.287. The highest BCUT2D eigenvalue weighted by molar-refractivity contribution is 9.10. The molecule has 3 N–H and O–H groups in total. The lowest BCUT2D eigenvalue weighted by molar-refractivity contribution is 0.117. The van der Waals surface area contributed by atoms with Gasteiger partial charge in [0.2, 0.25) is 0 Å². The fourth-order valence-electron chi connectivity index (χ4n) is 1.51. The largest absolute Gasteiger partial charge is 0.394 e. The molecule has 0 aliphatic rings. The molecule has 0 fully saturated rings. The average molecular weight is 403 g/mol. The van der Waals surface area contributed by atoms with Crippen LogP contribution in [-0.4, -0.2) is 30.6 Å². The van der Waals surface area contributed by atoms with Gasteiger partial charge in [-0.15, -0.1) is 0 Å². The molecule has 7 nitrogen and oxygen atoms in total. The number of unbranched alkanes of at least 4 members (excludes halogenated alkanes) is 1. The van der Waals surface area contributed by atoms with Crippen molar-refractivity contribution in [3.05, 3.63) is 40.6 Å². The first kappa shape index (κ1) is 20.1. The molecule has 0 amide bonds. The van der Waals surface area contributed by atoms with Gasteiger partial charge in [-0.1, -0.05) is 25.1 Å². The Morgan fingerprint density at radius 1 is 1.42 bits per heavy atom. The normalized spacial score (nSPS) is 12.0. The van der Waals surface area contributed by atoms with E-state index in [2.05, 4.69) is 38.1 Å². The van der Waals surface area contributed by atoms with Crippen molar-refractivity contribution < 1.29 is 19.3 Å². The third-order valence-electron chi connectivity index (χ3n) is 2.77. The summed E-state index contributed by atoms with van der Waals surface area (Å²) in [5, 5.41) is 13.2. The van der Waals surface area contributed by atoms with Crippen LogP contribution in [0.3, 0.4) is 0 Å². The van der Waals surface area contributed by atoms with Gasteiger partial charge in [-0.05, 0) is 40.5 Å². The standard InChI is InChI=1S/C15H20BrFN4O3/c1-4-5-8-24-21-15(20-23-3)10(2)14(19-22)18-11-6-7-13(17)12(16)9-11/h6-7,9,22H,2,4-5,8H2,1,3H3,(H,18,19)(H,20,21). The molecule has 0 aliphatic heterocycles. The number of benzene rings is 1. The zero-order chi connectivity index (χ0) is 17.9. The number of hydroxylamine groups is 2. The fourth-order valence-corrected chi connectivity index (χ4v) is 1.87. The Balaban J connectivity index is 2.99. The minimum atomic E-state index is -0.418. The predicted molar refractivity (Wildman–Crippen MR) is 93.7 cm³/mol. The van der Waals surface area contributed by atoms with Crippen molar-refractivity contribution in [2.24, 2.45) is 10.1 Å². The molecule has 0 aliphatic carbocycles. The molecule has 1 rings (SSSR count). The number of oxime groups is 1. The van der Waals surface area contributed by atoms with Gasteiger partial charge in [0, 0.05) is 0 Å². The van der Waals surface area contributed by atoms with Crippen LogP contribution in [0.5, 0.6) is 0 Å². The molecule has 0 atom stereocenters. The minimum absolute atomic E-state index is 0.00380. The smallest absolute Gasteiger partial charge is 0.199 e. The van der Waals surface area contributed by atoms with Gasteiger partial charge in [-0.2, -0.15) is 0 Å². The van der Waals surface area contributed by atoms with E-state index in [1.807, 2.05) is 12.4 Å². The minimum Gasteiger partial charge on any atom is -0.394 e. The van der Waals surface area contributed by atoms with Crippen molar-refractivity contribution in [2.45, 2.75) is 19.8 Å². The van der Waals surface area contributed by atoms with Crippen LogP contribution in [0.4, 0.5) is 10.1 Å². The molecule has 132 valence electrons. The van der Waals surface area contributed by atoms with Crippen LogP contribution >= 0.6 is 15.9 Å². The lowest BCUT2D eigenvalue weighted by Gasteiger charge is -2.12. The van der Waals surface area contributed by atoms with Gasteiger partial charge in [0.05, 0.1) is 22.8 Å². The summed E-state index contributed by atoms with van der Waals surface area (Å²) in [6.45, 7) is 6.25. The number of hydrogen-bond acceptors (Lipinski definition) is 5. The lowest BCUT2D eigenvalue weighted by atomic mass is 10.2. The van der Waals surface area contributed by atoms with Crippen LogP contribution in [-0.2, 0) is 9.68 Å². The maximum atomic E-state index is 13.3. The van der Waals surface area contributed by atoms with Crippen molar-refractivity contribution in [1.82, 2.24) is 11.0 Å². The van der Waals surface area contributed by atoms with Gasteiger partial charge in [0.1, 0.15) is 12.4 Å². The second-order valence-corrected chi connectivity index (χ2v) is 5.44. The molecule has 1 aromatic carbocycles. The molecule has 0 spiro atoms. The Morgan fingerprint density at radius 2 is 2.17 bits per heavy atom. The fraction of sp³-hybridized carbons (Fsp3) is 0.333. The van der Waals surface area contributed by atoms with E-state index < -0.39 is 5.82 Å². The van der Waals surface area contributed by atoms with E-state index in [1.54, 1.807) is 0 Å². The number of halogens is 2. The SMILES string of the molecule is C=C(C(=Nc1ccc(F)c(Br)c1)NO)C(=NOCCCC)NOC. The average Bonchev–Trinajstić information content (AvgIpc) is 2.58. The van der Waals surface area contributed by atoms with Crippen LogP contribution in [0.2, 0.25) is 0 Å². The summed E-state index contributed by atoms with van der Waals surface area (Å²) in [5.41, 5.74) is 5.02. The maximum Gasteiger partial charge on any atom is 0.199 e. The Morgan fingerprint density at radius 3 is 2.75 bits per heavy atom. The number of aliphatic imine (C=N–C) groups is 1. The summed E-state index contributed by atoms with van der Waals surface area (Å²) in [7, 11) is 1.40. The van der Waals surface area contributed by atoms with E-state index in [1.165, 1.54) is 25.3 Å². The Hall–Kier alpha value is -1.97. The third kappa shape index (κ3) is 6.26. The molecule has 1 aromatic rings. The molecular weight excluding hydrogens is 383 g/mol. The third-order valence-corrected chi connectivity index (χ3v) is 3.37. The highest BCUT2D eigenvalue weighted by atomic mass is 79.9. The zero-order valence-corrected chi connectivity index (χ0v) is 15.1. The van der Waals surface area contributed by atoms with Crippen LogP contribution in [0.15, 0.2) is 45.0 Å². The number of nitrogens with zero attached hydrogens (tertiary/aromatic N) is 2. The van der Waals surface area contributed by atoms with Crippen LogP contribution in [0, 0.1) is 5.82 Å². The van der Waals surface area contributed by atoms with E-state index in [4.69, 9.17) is 9.68 Å². The Kier molecular flexibility index (Phi) is 8.98. The zero-order valence-electron chi connectivity index (χ0n) is 13.5. The summed E-state index contributed by atoms with van der Waals surface area (Å²) in [6.07, 6.45) is 1.81. The lowest BCUT2D eigenvalue weighted by Crippen LogP contribution is -2.33. The number of hydrogen-bond donors (Lipinski definition) is 3. The number of amidine groups is 2. The van der Waals surface area contributed by atoms with Crippen LogP contribution in [0.1, 0.15) is 19.8 Å². The monoisotopic (exact) mass is 402 g/mol. The van der Waals surface area contributed by atoms with Crippen LogP contribution < -0.4 is 11.0 Å². The van der Waals surface area contributed by atoms with E-state index in [9.17, 15) is 9.60 Å². The van der Waals surface area contributed by atoms with Gasteiger partial charge >= 0.3 is 0 Å². The van der Waals surface area contributed by atoms with E-state index in [0.717, 1.165) is 12.8 Å². The van der Waals surface area contributed by atoms with Crippen molar-refractivity contribution >= 4 is 33.3 Å². The summed E-state index contributed by atoms with van der Waals surface area (Å²) < 4.78 is 13.5. The molecule has 24 heavy (non-hydrogen) atoms. The summed E-state index contributed by atoms with van der Waals surface area (Å²) >= 11 is 3.07. The van der Waals surface area contributed by atoms with Gasteiger partial charge < -0.3 is 4.84 Å². The van der Waals surface area contributed by atoms with Gasteiger partial charge in [0.25, 0.3) is 0 Å². The van der Waals surface area contributed by atoms with Gasteiger partial charge in [-0.25, -0.2) is 14.9 Å². The van der Waals surface area contributed by atoms with E-state index >= 15 is 0 Å². The van der Waals surface area contributed by atoms with Crippen LogP contribution in [0.25, 0.3) is 0 Å². The molecule has 0 heterocycles. The Labute approximate surface area is 148 Å². The number of nitrogens with one attached hydrogen (secondary N) is 2.